The van der Waals surface area contributed by atoms with E-state index in [1.807, 2.05) is 35.9 Å². The highest BCUT2D eigenvalue weighted by Crippen LogP contribution is 2.54. The monoisotopic (exact) mass is 442 g/mol. The fourth-order valence-electron chi connectivity index (χ4n) is 4.89. The van der Waals surface area contributed by atoms with Crippen LogP contribution in [0.25, 0.3) is 11.3 Å². The number of nitrogens with zero attached hydrogens (tertiary/aromatic N) is 3. The molecular weight excluding hydrogens is 412 g/mol. The third kappa shape index (κ3) is 4.36. The van der Waals surface area contributed by atoms with E-state index in [0.29, 0.717) is 12.8 Å². The molecule has 1 saturated heterocycles. The second kappa shape index (κ2) is 7.97. The van der Waals surface area contributed by atoms with Gasteiger partial charge in [-0.15, -0.1) is 0 Å². The third-order valence-electron chi connectivity index (χ3n) is 6.17. The molecule has 1 unspecified atom stereocenters. The molecule has 1 amide bonds. The lowest BCUT2D eigenvalue weighted by atomic mass is 9.84. The summed E-state index contributed by atoms with van der Waals surface area (Å²) in [7, 11) is -2.52. The lowest BCUT2D eigenvalue weighted by molar-refractivity contribution is -0.126. The van der Waals surface area contributed by atoms with Crippen molar-refractivity contribution < 1.29 is 13.9 Å². The Hall–Kier alpha value is -2.34. The molecule has 1 fully saturated rings. The van der Waals surface area contributed by atoms with E-state index in [4.69, 9.17) is 10.4 Å². The number of nitriles is 1. The van der Waals surface area contributed by atoms with Gasteiger partial charge >= 0.3 is 0 Å². The van der Waals surface area contributed by atoms with E-state index in [0.717, 1.165) is 35.4 Å². The first-order valence-corrected chi connectivity index (χ1v) is 12.6. The van der Waals surface area contributed by atoms with Crippen molar-refractivity contribution in [2.24, 2.45) is 5.92 Å². The van der Waals surface area contributed by atoms with Gasteiger partial charge in [-0.1, -0.05) is 18.2 Å². The van der Waals surface area contributed by atoms with Crippen LogP contribution in [-0.2, 0) is 24.1 Å². The van der Waals surface area contributed by atoms with Gasteiger partial charge in [0.2, 0.25) is 5.91 Å². The molecule has 3 N–H and O–H groups in total. The first-order chi connectivity index (χ1) is 14.6. The number of rotatable bonds is 5. The predicted octanol–water partition coefficient (Wildman–Crippen LogP) is 3.94. The zero-order chi connectivity index (χ0) is 22.4. The van der Waals surface area contributed by atoms with E-state index in [-0.39, 0.29) is 29.4 Å². The average molecular weight is 443 g/mol. The number of carbonyl (C=O) groups excluding carboxylic acids is 1. The fourth-order valence-corrected chi connectivity index (χ4v) is 6.99. The van der Waals surface area contributed by atoms with Crippen LogP contribution in [-0.4, -0.2) is 41.8 Å². The van der Waals surface area contributed by atoms with Crippen molar-refractivity contribution in [2.45, 2.75) is 58.0 Å². The van der Waals surface area contributed by atoms with Gasteiger partial charge < -0.3 is 5.32 Å². The maximum Gasteiger partial charge on any atom is 0.224 e. The second-order valence-electron chi connectivity index (χ2n) is 9.43. The van der Waals surface area contributed by atoms with Gasteiger partial charge in [-0.2, -0.15) is 21.0 Å². The number of fused-ring (bicyclic) bond motifs is 1. The van der Waals surface area contributed by atoms with Crippen molar-refractivity contribution in [3.63, 3.8) is 0 Å². The number of amides is 1. The SMILES string of the molecule is CC(C)n1nc(-c2cccc(CC#N)c2)c2c1CC(C(=O)NC1(C)CS(O)(O)C1)CC2. The Morgan fingerprint density at radius 1 is 1.42 bits per heavy atom. The van der Waals surface area contributed by atoms with Gasteiger partial charge in [0.1, 0.15) is 0 Å². The van der Waals surface area contributed by atoms with Gasteiger partial charge in [0.25, 0.3) is 0 Å². The summed E-state index contributed by atoms with van der Waals surface area (Å²) >= 11 is 0. The minimum absolute atomic E-state index is 0.0166. The molecule has 8 heteroatoms. The van der Waals surface area contributed by atoms with Crippen LogP contribution in [0.1, 0.15) is 50.1 Å². The number of carbonyl (C=O) groups is 1. The molecule has 1 atom stereocenters. The maximum atomic E-state index is 13.0. The second-order valence-corrected chi connectivity index (χ2v) is 11.6. The summed E-state index contributed by atoms with van der Waals surface area (Å²) in [5.74, 6) is 0.295. The highest BCUT2D eigenvalue weighted by atomic mass is 32.3. The lowest BCUT2D eigenvalue weighted by Gasteiger charge is -2.54. The summed E-state index contributed by atoms with van der Waals surface area (Å²) < 4.78 is 21.5. The summed E-state index contributed by atoms with van der Waals surface area (Å²) in [6, 6.07) is 10.4. The number of hydrogen-bond acceptors (Lipinski definition) is 5. The summed E-state index contributed by atoms with van der Waals surface area (Å²) in [4.78, 5) is 13.0. The molecule has 1 aliphatic heterocycles. The minimum Gasteiger partial charge on any atom is -0.348 e. The summed E-state index contributed by atoms with van der Waals surface area (Å²) in [6.45, 7) is 6.06. The molecule has 1 aromatic carbocycles. The predicted molar refractivity (Wildman–Crippen MR) is 122 cm³/mol. The van der Waals surface area contributed by atoms with E-state index < -0.39 is 16.1 Å². The smallest absolute Gasteiger partial charge is 0.224 e. The zero-order valence-electron chi connectivity index (χ0n) is 18.3. The molecule has 4 rings (SSSR count). The molecule has 31 heavy (non-hydrogen) atoms. The Kier molecular flexibility index (Phi) is 5.63. The molecule has 0 bridgehead atoms. The van der Waals surface area contributed by atoms with E-state index in [2.05, 4.69) is 25.2 Å². The molecule has 0 spiro atoms. The van der Waals surface area contributed by atoms with Crippen LogP contribution in [0.4, 0.5) is 0 Å². The van der Waals surface area contributed by atoms with Crippen molar-refractivity contribution in [3.8, 4) is 17.3 Å². The standard InChI is InChI=1S/C23H30N4O3S/c1-15(2)27-20-12-18(22(28)25-23(3)13-31(29,30)14-23)7-8-19(20)21(26-27)17-6-4-5-16(11-17)9-10-24/h4-6,11,15,18,29-30H,7-9,12-14H2,1-3H3,(H,25,28). The van der Waals surface area contributed by atoms with Crippen molar-refractivity contribution in [2.75, 3.05) is 11.5 Å². The van der Waals surface area contributed by atoms with Gasteiger partial charge in [0.15, 0.2) is 0 Å². The fraction of sp³-hybridized carbons (Fsp3) is 0.522. The maximum absolute atomic E-state index is 13.0. The van der Waals surface area contributed by atoms with Crippen LogP contribution in [0.3, 0.4) is 0 Å². The zero-order valence-corrected chi connectivity index (χ0v) is 19.1. The Labute approximate surface area is 184 Å². The molecule has 1 aromatic heterocycles. The Bertz CT molecular complexity index is 1050. The molecule has 166 valence electrons. The van der Waals surface area contributed by atoms with Gasteiger partial charge in [0, 0.05) is 35.2 Å². The first-order valence-electron chi connectivity index (χ1n) is 10.7. The van der Waals surface area contributed by atoms with Crippen LogP contribution < -0.4 is 5.32 Å². The van der Waals surface area contributed by atoms with Gasteiger partial charge in [0.05, 0.1) is 35.2 Å². The Morgan fingerprint density at radius 2 is 2.16 bits per heavy atom. The number of nitrogens with one attached hydrogen (secondary N) is 1. The highest BCUT2D eigenvalue weighted by Gasteiger charge is 2.46. The molecule has 2 aliphatic rings. The summed E-state index contributed by atoms with van der Waals surface area (Å²) in [6.07, 6.45) is 2.49. The largest absolute Gasteiger partial charge is 0.348 e. The van der Waals surface area contributed by atoms with Gasteiger partial charge in [-0.05, 0) is 45.2 Å². The van der Waals surface area contributed by atoms with Gasteiger partial charge in [-0.3, -0.25) is 18.6 Å². The van der Waals surface area contributed by atoms with E-state index in [1.54, 1.807) is 0 Å². The van der Waals surface area contributed by atoms with Crippen LogP contribution in [0, 0.1) is 17.2 Å². The molecule has 0 radical (unpaired) electrons. The normalized spacial score (nSPS) is 22.2. The number of aromatic nitrogens is 2. The lowest BCUT2D eigenvalue weighted by Crippen LogP contribution is -2.62. The van der Waals surface area contributed by atoms with Crippen molar-refractivity contribution in [1.29, 1.82) is 5.26 Å². The van der Waals surface area contributed by atoms with E-state index in [9.17, 15) is 13.9 Å². The van der Waals surface area contributed by atoms with Crippen LogP contribution >= 0.6 is 10.6 Å². The van der Waals surface area contributed by atoms with Crippen molar-refractivity contribution >= 4 is 16.5 Å². The quantitative estimate of drug-likeness (QED) is 0.649. The minimum atomic E-state index is -2.52. The third-order valence-corrected chi connectivity index (χ3v) is 8.37. The van der Waals surface area contributed by atoms with Crippen LogP contribution in [0.15, 0.2) is 24.3 Å². The molecule has 0 saturated carbocycles. The molecule has 2 aromatic rings. The highest BCUT2D eigenvalue weighted by molar-refractivity contribution is 8.25. The average Bonchev–Trinajstić information content (AvgIpc) is 3.05. The Morgan fingerprint density at radius 3 is 2.81 bits per heavy atom. The van der Waals surface area contributed by atoms with Crippen molar-refractivity contribution in [3.05, 3.63) is 41.1 Å². The summed E-state index contributed by atoms with van der Waals surface area (Å²) in [5, 5.41) is 17.0. The Balaban J connectivity index is 1.59. The number of hydrogen-bond donors (Lipinski definition) is 3. The number of benzene rings is 1. The van der Waals surface area contributed by atoms with E-state index >= 15 is 0 Å². The molecule has 7 nitrogen and oxygen atoms in total. The van der Waals surface area contributed by atoms with Gasteiger partial charge in [-0.25, -0.2) is 0 Å². The van der Waals surface area contributed by atoms with Crippen LogP contribution in [0.5, 0.6) is 0 Å². The molecule has 2 heterocycles. The first kappa shape index (κ1) is 21.9. The topological polar surface area (TPSA) is 111 Å². The summed E-state index contributed by atoms with van der Waals surface area (Å²) in [5.41, 5.74) is 4.70. The molecule has 1 aliphatic carbocycles. The van der Waals surface area contributed by atoms with Crippen molar-refractivity contribution in [1.82, 2.24) is 15.1 Å². The molecular formula is C23H30N4O3S. The van der Waals surface area contributed by atoms with E-state index in [1.165, 1.54) is 5.56 Å². The van der Waals surface area contributed by atoms with Crippen LogP contribution in [0.2, 0.25) is 0 Å².